The largest absolute Gasteiger partial charge is 0.352 e. The van der Waals surface area contributed by atoms with Crippen molar-refractivity contribution in [2.24, 2.45) is 0 Å². The molecule has 0 saturated heterocycles. The van der Waals surface area contributed by atoms with Crippen LogP contribution in [0.2, 0.25) is 5.02 Å². The van der Waals surface area contributed by atoms with Crippen LogP contribution in [0.25, 0.3) is 0 Å². The number of benzene rings is 2. The summed E-state index contributed by atoms with van der Waals surface area (Å²) < 4.78 is 42.3. The third-order valence-corrected chi connectivity index (χ3v) is 7.78. The van der Waals surface area contributed by atoms with Gasteiger partial charge in [-0.25, -0.2) is 8.70 Å². The Morgan fingerprint density at radius 1 is 1.06 bits per heavy atom. The summed E-state index contributed by atoms with van der Waals surface area (Å²) in [4.78, 5) is 27.7. The maximum atomic E-state index is 14.6. The number of carbonyl (C=O) groups excluding carboxylic acids is 2. The summed E-state index contributed by atoms with van der Waals surface area (Å²) in [6, 6.07) is 11.1. The number of nitrogens with zero attached hydrogens (tertiary/aromatic N) is 3. The van der Waals surface area contributed by atoms with E-state index in [0.717, 1.165) is 10.4 Å². The molecule has 35 heavy (non-hydrogen) atoms. The SMILES string of the molecule is CC[C@@H](C)NC(=O)[C@@H](C)N(Cc1ccccc1Cl)C(=O)CN(c1ccccc1F)S(=O)(=O)N(C)C. The molecule has 0 radical (unpaired) electrons. The first-order valence-corrected chi connectivity index (χ1v) is 13.0. The molecule has 0 saturated carbocycles. The number of hydrogen-bond donors (Lipinski definition) is 1. The molecule has 2 atom stereocenters. The molecule has 0 bridgehead atoms. The molecule has 0 aliphatic rings. The molecule has 2 aromatic carbocycles. The molecule has 2 aromatic rings. The van der Waals surface area contributed by atoms with Crippen molar-refractivity contribution in [1.82, 2.24) is 14.5 Å². The molecule has 0 aliphatic carbocycles. The van der Waals surface area contributed by atoms with Gasteiger partial charge in [0.25, 0.3) is 0 Å². The average molecular weight is 527 g/mol. The molecule has 0 heterocycles. The fourth-order valence-corrected chi connectivity index (χ4v) is 4.47. The second-order valence-corrected chi connectivity index (χ2v) is 10.8. The Kier molecular flexibility index (Phi) is 10.1. The van der Waals surface area contributed by atoms with Gasteiger partial charge in [-0.15, -0.1) is 0 Å². The predicted molar refractivity (Wildman–Crippen MR) is 136 cm³/mol. The van der Waals surface area contributed by atoms with Crippen molar-refractivity contribution in [1.29, 1.82) is 0 Å². The first-order chi connectivity index (χ1) is 16.4. The predicted octanol–water partition coefficient (Wildman–Crippen LogP) is 3.42. The van der Waals surface area contributed by atoms with E-state index < -0.39 is 40.4 Å². The number of nitrogens with one attached hydrogen (secondary N) is 1. The second kappa shape index (κ2) is 12.3. The van der Waals surface area contributed by atoms with Crippen LogP contribution >= 0.6 is 11.6 Å². The molecule has 2 amide bonds. The van der Waals surface area contributed by atoms with Crippen LogP contribution < -0.4 is 9.62 Å². The van der Waals surface area contributed by atoms with Crippen LogP contribution in [0.1, 0.15) is 32.8 Å². The number of anilines is 1. The minimum atomic E-state index is -4.24. The highest BCUT2D eigenvalue weighted by Crippen LogP contribution is 2.24. The topological polar surface area (TPSA) is 90.0 Å². The molecular formula is C24H32ClFN4O4S. The van der Waals surface area contributed by atoms with Crippen LogP contribution in [0.3, 0.4) is 0 Å². The maximum Gasteiger partial charge on any atom is 0.304 e. The summed E-state index contributed by atoms with van der Waals surface area (Å²) in [6.45, 7) is 4.56. The first-order valence-electron chi connectivity index (χ1n) is 11.2. The van der Waals surface area contributed by atoms with Crippen LogP contribution in [0.5, 0.6) is 0 Å². The third-order valence-electron chi connectivity index (χ3n) is 5.61. The van der Waals surface area contributed by atoms with Crippen molar-refractivity contribution in [3.8, 4) is 0 Å². The molecule has 1 N–H and O–H groups in total. The highest BCUT2D eigenvalue weighted by Gasteiger charge is 2.34. The molecule has 0 aliphatic heterocycles. The highest BCUT2D eigenvalue weighted by atomic mass is 35.5. The zero-order valence-corrected chi connectivity index (χ0v) is 22.1. The van der Waals surface area contributed by atoms with Crippen LogP contribution in [-0.2, 0) is 26.3 Å². The lowest BCUT2D eigenvalue weighted by atomic mass is 10.1. The molecule has 8 nitrogen and oxygen atoms in total. The van der Waals surface area contributed by atoms with Gasteiger partial charge in [-0.3, -0.25) is 9.59 Å². The Bertz CT molecular complexity index is 1150. The van der Waals surface area contributed by atoms with E-state index in [1.54, 1.807) is 31.2 Å². The number of para-hydroxylation sites is 1. The Morgan fingerprint density at radius 2 is 1.66 bits per heavy atom. The van der Waals surface area contributed by atoms with Gasteiger partial charge in [-0.05, 0) is 44.0 Å². The summed E-state index contributed by atoms with van der Waals surface area (Å²) in [5.41, 5.74) is 0.308. The smallest absolute Gasteiger partial charge is 0.304 e. The van der Waals surface area contributed by atoms with Gasteiger partial charge in [0.2, 0.25) is 11.8 Å². The van der Waals surface area contributed by atoms with E-state index in [0.29, 0.717) is 21.3 Å². The van der Waals surface area contributed by atoms with E-state index in [1.807, 2.05) is 13.8 Å². The molecule has 0 spiro atoms. The highest BCUT2D eigenvalue weighted by molar-refractivity contribution is 7.90. The van der Waals surface area contributed by atoms with E-state index in [-0.39, 0.29) is 18.3 Å². The summed E-state index contributed by atoms with van der Waals surface area (Å²) in [5.74, 6) is -1.89. The molecular weight excluding hydrogens is 495 g/mol. The van der Waals surface area contributed by atoms with E-state index in [4.69, 9.17) is 11.6 Å². The lowest BCUT2D eigenvalue weighted by Crippen LogP contribution is -2.53. The Balaban J connectivity index is 2.48. The van der Waals surface area contributed by atoms with E-state index >= 15 is 0 Å². The van der Waals surface area contributed by atoms with Crippen molar-refractivity contribution >= 4 is 39.3 Å². The minimum Gasteiger partial charge on any atom is -0.352 e. The van der Waals surface area contributed by atoms with E-state index in [2.05, 4.69) is 5.32 Å². The minimum absolute atomic E-state index is 0.0409. The number of rotatable bonds is 11. The monoisotopic (exact) mass is 526 g/mol. The number of amides is 2. The number of halogens is 2. The molecule has 11 heteroatoms. The second-order valence-electron chi connectivity index (χ2n) is 8.36. The number of hydrogen-bond acceptors (Lipinski definition) is 4. The standard InChI is InChI=1S/C24H32ClFN4O4S/c1-6-17(2)27-24(32)18(3)29(15-19-11-7-8-12-20(19)25)23(31)16-30(35(33,34)28(4)5)22-14-10-9-13-21(22)26/h7-14,17-18H,6,15-16H2,1-5H3,(H,27,32)/t17-,18-/m1/s1. The van der Waals surface area contributed by atoms with Crippen molar-refractivity contribution in [3.05, 3.63) is 64.9 Å². The Morgan fingerprint density at radius 3 is 2.23 bits per heavy atom. The molecule has 192 valence electrons. The first kappa shape index (κ1) is 28.5. The summed E-state index contributed by atoms with van der Waals surface area (Å²) in [6.07, 6.45) is 0.694. The van der Waals surface area contributed by atoms with Crippen molar-refractivity contribution in [2.45, 2.75) is 45.8 Å². The molecule has 0 unspecified atom stereocenters. The van der Waals surface area contributed by atoms with Gasteiger partial charge in [0.15, 0.2) is 0 Å². The Labute approximate surface area is 211 Å². The zero-order valence-electron chi connectivity index (χ0n) is 20.5. The van der Waals surface area contributed by atoms with Crippen molar-refractivity contribution in [2.75, 3.05) is 24.9 Å². The Hall–Kier alpha value is -2.69. The van der Waals surface area contributed by atoms with Gasteiger partial charge in [0.05, 0.1) is 5.69 Å². The van der Waals surface area contributed by atoms with Gasteiger partial charge in [0.1, 0.15) is 18.4 Å². The summed E-state index contributed by atoms with van der Waals surface area (Å²) >= 11 is 6.30. The van der Waals surface area contributed by atoms with E-state index in [1.165, 1.54) is 37.2 Å². The lowest BCUT2D eigenvalue weighted by Gasteiger charge is -2.33. The van der Waals surface area contributed by atoms with Gasteiger partial charge in [0, 0.05) is 31.7 Å². The van der Waals surface area contributed by atoms with Crippen LogP contribution in [0, 0.1) is 5.82 Å². The molecule has 2 rings (SSSR count). The maximum absolute atomic E-state index is 14.6. The summed E-state index contributed by atoms with van der Waals surface area (Å²) in [5, 5.41) is 3.24. The van der Waals surface area contributed by atoms with Gasteiger partial charge < -0.3 is 10.2 Å². The summed E-state index contributed by atoms with van der Waals surface area (Å²) in [7, 11) is -1.66. The average Bonchev–Trinajstić information content (AvgIpc) is 2.81. The van der Waals surface area contributed by atoms with Gasteiger partial charge in [-0.2, -0.15) is 12.7 Å². The van der Waals surface area contributed by atoms with Crippen molar-refractivity contribution < 1.29 is 22.4 Å². The fourth-order valence-electron chi connectivity index (χ4n) is 3.21. The zero-order chi connectivity index (χ0) is 26.3. The van der Waals surface area contributed by atoms with E-state index in [9.17, 15) is 22.4 Å². The number of carbonyl (C=O) groups is 2. The fraction of sp³-hybridized carbons (Fsp3) is 0.417. The third kappa shape index (κ3) is 7.16. The van der Waals surface area contributed by atoms with Crippen LogP contribution in [0.15, 0.2) is 48.5 Å². The van der Waals surface area contributed by atoms with Crippen LogP contribution in [-0.4, -0.2) is 62.2 Å². The quantitative estimate of drug-likeness (QED) is 0.486. The normalized spacial score (nSPS) is 13.3. The molecule has 0 fully saturated rings. The van der Waals surface area contributed by atoms with Gasteiger partial charge in [-0.1, -0.05) is 48.9 Å². The lowest BCUT2D eigenvalue weighted by molar-refractivity contribution is -0.139. The molecule has 0 aromatic heterocycles. The van der Waals surface area contributed by atoms with Crippen molar-refractivity contribution in [3.63, 3.8) is 0 Å². The van der Waals surface area contributed by atoms with Gasteiger partial charge >= 0.3 is 10.2 Å². The van der Waals surface area contributed by atoms with Crippen LogP contribution in [0.4, 0.5) is 10.1 Å².